The molecule has 2 unspecified atom stereocenters. The van der Waals surface area contributed by atoms with Gasteiger partial charge in [0.1, 0.15) is 4.70 Å². The van der Waals surface area contributed by atoms with Gasteiger partial charge in [0.15, 0.2) is 5.16 Å². The minimum Gasteiger partial charge on any atom is -0.352 e. The van der Waals surface area contributed by atoms with Gasteiger partial charge in [-0.25, -0.2) is 4.98 Å². The molecule has 2 atom stereocenters. The third kappa shape index (κ3) is 3.67. The lowest BCUT2D eigenvalue weighted by Gasteiger charge is -2.29. The number of thiophene rings is 1. The Morgan fingerprint density at radius 3 is 3.00 bits per heavy atom. The highest BCUT2D eigenvalue weighted by Crippen LogP contribution is 2.24. The number of nitrogens with zero attached hydrogens (tertiary/aromatic N) is 2. The van der Waals surface area contributed by atoms with Gasteiger partial charge in [0.2, 0.25) is 5.91 Å². The van der Waals surface area contributed by atoms with Gasteiger partial charge in [-0.3, -0.25) is 14.2 Å². The van der Waals surface area contributed by atoms with E-state index in [1.54, 1.807) is 4.57 Å². The number of fused-ring (bicyclic) bond motifs is 1. The third-order valence-corrected chi connectivity index (χ3v) is 6.51. The molecule has 1 amide bonds. The fourth-order valence-electron chi connectivity index (χ4n) is 3.22. The Morgan fingerprint density at radius 1 is 1.46 bits per heavy atom. The fourth-order valence-corrected chi connectivity index (χ4v) is 4.87. The average molecular weight is 366 g/mol. The fraction of sp³-hybridized carbons (Fsp3) is 0.588. The van der Waals surface area contributed by atoms with Gasteiger partial charge in [-0.15, -0.1) is 11.3 Å². The van der Waals surface area contributed by atoms with Crippen molar-refractivity contribution in [1.29, 1.82) is 0 Å². The molecule has 2 aromatic heterocycles. The molecule has 0 aliphatic heterocycles. The van der Waals surface area contributed by atoms with Crippen LogP contribution >= 0.6 is 23.1 Å². The lowest BCUT2D eigenvalue weighted by molar-refractivity contribution is -0.119. The number of carbonyl (C=O) groups excluding carboxylic acids is 1. The Labute approximate surface area is 149 Å². The normalized spacial score (nSPS) is 21.1. The van der Waals surface area contributed by atoms with Crippen molar-refractivity contribution in [3.05, 3.63) is 21.8 Å². The number of thioether (sulfide) groups is 1. The van der Waals surface area contributed by atoms with Crippen LogP contribution in [0.15, 0.2) is 21.4 Å². The quantitative estimate of drug-likeness (QED) is 0.652. The first-order chi connectivity index (χ1) is 11.6. The van der Waals surface area contributed by atoms with E-state index in [0.717, 1.165) is 11.9 Å². The molecule has 1 N–H and O–H groups in total. The molecule has 1 saturated carbocycles. The SMILES string of the molecule is CCn1c(SCC(=O)NC2CCCCC2C)nc2ccsc2c1=O. The molecular formula is C17H23N3O2S2. The molecule has 1 fully saturated rings. The molecule has 1 aliphatic carbocycles. The van der Waals surface area contributed by atoms with Crippen LogP contribution in [0.2, 0.25) is 0 Å². The van der Waals surface area contributed by atoms with E-state index in [2.05, 4.69) is 17.2 Å². The summed E-state index contributed by atoms with van der Waals surface area (Å²) in [7, 11) is 0. The number of amides is 1. The monoisotopic (exact) mass is 365 g/mol. The van der Waals surface area contributed by atoms with Gasteiger partial charge in [-0.1, -0.05) is 31.5 Å². The van der Waals surface area contributed by atoms with E-state index < -0.39 is 0 Å². The molecule has 0 bridgehead atoms. The highest BCUT2D eigenvalue weighted by atomic mass is 32.2. The summed E-state index contributed by atoms with van der Waals surface area (Å²) >= 11 is 2.76. The predicted molar refractivity (Wildman–Crippen MR) is 99.8 cm³/mol. The number of carbonyl (C=O) groups is 1. The van der Waals surface area contributed by atoms with Crippen LogP contribution in [0.25, 0.3) is 10.2 Å². The molecule has 130 valence electrons. The first-order valence-corrected chi connectivity index (χ1v) is 10.4. The lowest BCUT2D eigenvalue weighted by Crippen LogP contribution is -2.41. The molecule has 24 heavy (non-hydrogen) atoms. The summed E-state index contributed by atoms with van der Waals surface area (Å²) in [4.78, 5) is 29.3. The molecule has 2 heterocycles. The molecule has 3 rings (SSSR count). The summed E-state index contributed by atoms with van der Waals surface area (Å²) in [6.07, 6.45) is 4.70. The Hall–Kier alpha value is -1.34. The van der Waals surface area contributed by atoms with Crippen LogP contribution < -0.4 is 10.9 Å². The maximum Gasteiger partial charge on any atom is 0.272 e. The average Bonchev–Trinajstić information content (AvgIpc) is 3.04. The van der Waals surface area contributed by atoms with Crippen molar-refractivity contribution < 1.29 is 4.79 Å². The second-order valence-corrected chi connectivity index (χ2v) is 8.16. The van der Waals surface area contributed by atoms with Gasteiger partial charge in [0, 0.05) is 12.6 Å². The molecule has 0 aromatic carbocycles. The van der Waals surface area contributed by atoms with Crippen molar-refractivity contribution in [2.45, 2.75) is 57.3 Å². The minimum absolute atomic E-state index is 0.0127. The summed E-state index contributed by atoms with van der Waals surface area (Å²) in [6.45, 7) is 4.69. The molecule has 0 radical (unpaired) electrons. The molecule has 5 nitrogen and oxygen atoms in total. The van der Waals surface area contributed by atoms with Gasteiger partial charge in [-0.05, 0) is 37.1 Å². The van der Waals surface area contributed by atoms with Gasteiger partial charge < -0.3 is 5.32 Å². The van der Waals surface area contributed by atoms with Crippen LogP contribution in [-0.2, 0) is 11.3 Å². The van der Waals surface area contributed by atoms with Crippen LogP contribution in [0.3, 0.4) is 0 Å². The van der Waals surface area contributed by atoms with E-state index >= 15 is 0 Å². The van der Waals surface area contributed by atoms with Crippen molar-refractivity contribution in [3.8, 4) is 0 Å². The van der Waals surface area contributed by atoms with Gasteiger partial charge >= 0.3 is 0 Å². The van der Waals surface area contributed by atoms with E-state index in [-0.39, 0.29) is 17.5 Å². The highest BCUT2D eigenvalue weighted by molar-refractivity contribution is 7.99. The second-order valence-electron chi connectivity index (χ2n) is 6.30. The van der Waals surface area contributed by atoms with Gasteiger partial charge in [0.05, 0.1) is 11.3 Å². The van der Waals surface area contributed by atoms with Crippen LogP contribution in [0.5, 0.6) is 0 Å². The Balaban J connectivity index is 1.68. The highest BCUT2D eigenvalue weighted by Gasteiger charge is 2.23. The van der Waals surface area contributed by atoms with Crippen LogP contribution in [-0.4, -0.2) is 27.3 Å². The van der Waals surface area contributed by atoms with Crippen LogP contribution in [0.4, 0.5) is 0 Å². The zero-order valence-corrected chi connectivity index (χ0v) is 15.7. The smallest absolute Gasteiger partial charge is 0.272 e. The first-order valence-electron chi connectivity index (χ1n) is 8.50. The third-order valence-electron chi connectivity index (χ3n) is 4.64. The largest absolute Gasteiger partial charge is 0.352 e. The zero-order chi connectivity index (χ0) is 17.1. The van der Waals surface area contributed by atoms with Crippen molar-refractivity contribution in [2.24, 2.45) is 5.92 Å². The number of aromatic nitrogens is 2. The van der Waals surface area contributed by atoms with Gasteiger partial charge in [-0.2, -0.15) is 0 Å². The van der Waals surface area contributed by atoms with Crippen molar-refractivity contribution >= 4 is 39.2 Å². The standard InChI is InChI=1S/C17H23N3O2S2/c1-3-20-16(22)15-13(8-9-23-15)19-17(20)24-10-14(21)18-12-7-5-4-6-11(12)2/h8-9,11-12H,3-7,10H2,1-2H3,(H,18,21). The molecular weight excluding hydrogens is 342 g/mol. The van der Waals surface area contributed by atoms with Crippen molar-refractivity contribution in [3.63, 3.8) is 0 Å². The first kappa shape index (κ1) is 17.5. The minimum atomic E-state index is -0.0127. The second kappa shape index (κ2) is 7.70. The molecule has 7 heteroatoms. The predicted octanol–water partition coefficient (Wildman–Crippen LogP) is 3.26. The number of rotatable bonds is 5. The van der Waals surface area contributed by atoms with E-state index in [0.29, 0.717) is 28.1 Å². The van der Waals surface area contributed by atoms with Gasteiger partial charge in [0.25, 0.3) is 5.56 Å². The molecule has 2 aromatic rings. The summed E-state index contributed by atoms with van der Waals surface area (Å²) in [6, 6.07) is 2.14. The summed E-state index contributed by atoms with van der Waals surface area (Å²) < 4.78 is 2.33. The molecule has 0 saturated heterocycles. The van der Waals surface area contributed by atoms with E-state index in [4.69, 9.17) is 0 Å². The Bertz CT molecular complexity index is 784. The Kier molecular flexibility index (Phi) is 5.61. The maximum atomic E-state index is 12.5. The van der Waals surface area contributed by atoms with Crippen LogP contribution in [0, 0.1) is 5.92 Å². The summed E-state index contributed by atoms with van der Waals surface area (Å²) in [5.74, 6) is 0.869. The van der Waals surface area contributed by atoms with E-state index in [9.17, 15) is 9.59 Å². The van der Waals surface area contributed by atoms with Crippen molar-refractivity contribution in [2.75, 3.05) is 5.75 Å². The maximum absolute atomic E-state index is 12.5. The molecule has 1 aliphatic rings. The van der Waals surface area contributed by atoms with E-state index in [1.165, 1.54) is 42.4 Å². The number of hydrogen-bond donors (Lipinski definition) is 1. The topological polar surface area (TPSA) is 64.0 Å². The molecule has 0 spiro atoms. The Morgan fingerprint density at radius 2 is 2.25 bits per heavy atom. The number of nitrogens with one attached hydrogen (secondary N) is 1. The van der Waals surface area contributed by atoms with Crippen LogP contribution in [0.1, 0.15) is 39.5 Å². The lowest BCUT2D eigenvalue weighted by atomic mass is 9.86. The number of hydrogen-bond acceptors (Lipinski definition) is 5. The summed E-state index contributed by atoms with van der Waals surface area (Å²) in [5.41, 5.74) is 0.708. The zero-order valence-electron chi connectivity index (χ0n) is 14.1. The van der Waals surface area contributed by atoms with Crippen molar-refractivity contribution in [1.82, 2.24) is 14.9 Å². The van der Waals surface area contributed by atoms with E-state index in [1.807, 2.05) is 18.4 Å². The summed E-state index contributed by atoms with van der Waals surface area (Å²) in [5, 5.41) is 5.66.